The van der Waals surface area contributed by atoms with E-state index in [1.807, 2.05) is 6.92 Å². The number of rotatable bonds is 6. The van der Waals surface area contributed by atoms with Crippen LogP contribution in [0.1, 0.15) is 18.9 Å². The van der Waals surface area contributed by atoms with E-state index in [1.165, 1.54) is 12.1 Å². The summed E-state index contributed by atoms with van der Waals surface area (Å²) >= 11 is 3.16. The molecule has 0 atom stereocenters. The molecule has 4 nitrogen and oxygen atoms in total. The molecule has 1 rings (SSSR count). The number of nitrogens with zero attached hydrogens (tertiary/aromatic N) is 1. The third kappa shape index (κ3) is 3.58. The summed E-state index contributed by atoms with van der Waals surface area (Å²) < 4.78 is 40.7. The molecule has 0 aliphatic rings. The van der Waals surface area contributed by atoms with Crippen molar-refractivity contribution in [3.05, 3.63) is 28.0 Å². The molecule has 20 heavy (non-hydrogen) atoms. The Morgan fingerprint density at radius 2 is 2.15 bits per heavy atom. The van der Waals surface area contributed by atoms with Crippen LogP contribution in [0.25, 0.3) is 0 Å². The van der Waals surface area contributed by atoms with E-state index in [4.69, 9.17) is 12.2 Å². The van der Waals surface area contributed by atoms with E-state index in [1.54, 1.807) is 0 Å². The molecule has 0 aliphatic heterocycles. The standard InChI is InChI=1S/C13H16BrFN2O2S/c1-3-5-17(6-4-2)20(18,19)12-8-11(14)7-10(9-16)13(12)15/h1,7-8H,4-6,9,16H2,2H3. The van der Waals surface area contributed by atoms with Gasteiger partial charge >= 0.3 is 0 Å². The van der Waals surface area contributed by atoms with Crippen LogP contribution < -0.4 is 5.73 Å². The van der Waals surface area contributed by atoms with Gasteiger partial charge in [-0.15, -0.1) is 6.42 Å². The monoisotopic (exact) mass is 362 g/mol. The van der Waals surface area contributed by atoms with Crippen LogP contribution in [0.2, 0.25) is 0 Å². The molecule has 0 amide bonds. The molecular formula is C13H16BrFN2O2S. The Bertz CT molecular complexity index is 626. The van der Waals surface area contributed by atoms with Crippen molar-refractivity contribution in [1.29, 1.82) is 0 Å². The minimum absolute atomic E-state index is 0.0866. The van der Waals surface area contributed by atoms with E-state index in [0.717, 1.165) is 4.31 Å². The summed E-state index contributed by atoms with van der Waals surface area (Å²) in [6, 6.07) is 2.68. The lowest BCUT2D eigenvalue weighted by molar-refractivity contribution is 0.439. The molecule has 0 spiro atoms. The summed E-state index contributed by atoms with van der Waals surface area (Å²) in [4.78, 5) is -0.406. The van der Waals surface area contributed by atoms with Gasteiger partial charge in [0, 0.05) is 23.1 Å². The normalized spacial score (nSPS) is 11.6. The van der Waals surface area contributed by atoms with E-state index >= 15 is 0 Å². The van der Waals surface area contributed by atoms with Crippen LogP contribution in [0.3, 0.4) is 0 Å². The Balaban J connectivity index is 3.41. The van der Waals surface area contributed by atoms with Crippen LogP contribution in [-0.2, 0) is 16.6 Å². The average molecular weight is 363 g/mol. The first-order valence-corrected chi connectivity index (χ1v) is 8.23. The third-order valence-electron chi connectivity index (χ3n) is 2.66. The summed E-state index contributed by atoms with van der Waals surface area (Å²) in [7, 11) is -3.98. The molecular weight excluding hydrogens is 347 g/mol. The maximum atomic E-state index is 14.2. The zero-order chi connectivity index (χ0) is 15.3. The topological polar surface area (TPSA) is 63.4 Å². The first kappa shape index (κ1) is 17.1. The van der Waals surface area contributed by atoms with Gasteiger partial charge in [-0.3, -0.25) is 0 Å². The van der Waals surface area contributed by atoms with E-state index in [9.17, 15) is 12.8 Å². The van der Waals surface area contributed by atoms with Gasteiger partial charge in [-0.25, -0.2) is 12.8 Å². The summed E-state index contributed by atoms with van der Waals surface area (Å²) in [5.41, 5.74) is 5.56. The minimum atomic E-state index is -3.98. The molecule has 2 N–H and O–H groups in total. The molecule has 0 radical (unpaired) electrons. The predicted molar refractivity (Wildman–Crippen MR) is 79.9 cm³/mol. The third-order valence-corrected chi connectivity index (χ3v) is 4.96. The summed E-state index contributed by atoms with van der Waals surface area (Å²) in [5, 5.41) is 0. The number of sulfonamides is 1. The maximum Gasteiger partial charge on any atom is 0.246 e. The van der Waals surface area contributed by atoms with Crippen molar-refractivity contribution in [3.63, 3.8) is 0 Å². The molecule has 0 aliphatic carbocycles. The van der Waals surface area contributed by atoms with Gasteiger partial charge in [0.15, 0.2) is 0 Å². The highest BCUT2D eigenvalue weighted by Crippen LogP contribution is 2.26. The number of hydrogen-bond donors (Lipinski definition) is 1. The quantitative estimate of drug-likeness (QED) is 0.788. The molecule has 0 saturated carbocycles. The number of terminal acetylenes is 1. The van der Waals surface area contributed by atoms with Crippen molar-refractivity contribution >= 4 is 26.0 Å². The van der Waals surface area contributed by atoms with Crippen molar-refractivity contribution in [2.24, 2.45) is 5.73 Å². The fourth-order valence-corrected chi connectivity index (χ4v) is 3.96. The van der Waals surface area contributed by atoms with Crippen LogP contribution in [0.4, 0.5) is 4.39 Å². The first-order valence-electron chi connectivity index (χ1n) is 6.00. The lowest BCUT2D eigenvalue weighted by atomic mass is 10.2. The molecule has 7 heteroatoms. The number of nitrogens with two attached hydrogens (primary N) is 1. The molecule has 0 aromatic heterocycles. The highest BCUT2D eigenvalue weighted by Gasteiger charge is 2.28. The smallest absolute Gasteiger partial charge is 0.246 e. The van der Waals surface area contributed by atoms with Crippen LogP contribution in [0.5, 0.6) is 0 Å². The van der Waals surface area contributed by atoms with Crippen LogP contribution in [0.15, 0.2) is 21.5 Å². The Labute approximate surface area is 127 Å². The van der Waals surface area contributed by atoms with Crippen LogP contribution in [0, 0.1) is 18.2 Å². The van der Waals surface area contributed by atoms with Crippen molar-refractivity contribution in [1.82, 2.24) is 4.31 Å². The number of hydrogen-bond acceptors (Lipinski definition) is 3. The second kappa shape index (κ2) is 7.18. The fraction of sp³-hybridized carbons (Fsp3) is 0.385. The highest BCUT2D eigenvalue weighted by molar-refractivity contribution is 9.10. The van der Waals surface area contributed by atoms with Crippen molar-refractivity contribution in [2.75, 3.05) is 13.1 Å². The molecule has 0 heterocycles. The van der Waals surface area contributed by atoms with Crippen molar-refractivity contribution in [2.45, 2.75) is 24.8 Å². The molecule has 0 unspecified atom stereocenters. The SMILES string of the molecule is C#CCN(CCC)S(=O)(=O)c1cc(Br)cc(CN)c1F. The minimum Gasteiger partial charge on any atom is -0.326 e. The van der Waals surface area contributed by atoms with E-state index < -0.39 is 20.7 Å². The Morgan fingerprint density at radius 3 is 2.65 bits per heavy atom. The predicted octanol–water partition coefficient (Wildman–Crippen LogP) is 2.08. The van der Waals surface area contributed by atoms with Gasteiger partial charge in [0.05, 0.1) is 6.54 Å². The van der Waals surface area contributed by atoms with Gasteiger partial charge < -0.3 is 5.73 Å². The fourth-order valence-electron chi connectivity index (χ4n) is 1.73. The second-order valence-corrected chi connectivity index (χ2v) is 6.95. The lowest BCUT2D eigenvalue weighted by Crippen LogP contribution is -2.33. The van der Waals surface area contributed by atoms with Crippen molar-refractivity contribution < 1.29 is 12.8 Å². The Kier molecular flexibility index (Phi) is 6.14. The Hall–Kier alpha value is -0.940. The van der Waals surface area contributed by atoms with Gasteiger partial charge in [-0.05, 0) is 18.6 Å². The van der Waals surface area contributed by atoms with E-state index in [-0.39, 0.29) is 25.2 Å². The van der Waals surface area contributed by atoms with Gasteiger partial charge in [0.1, 0.15) is 10.7 Å². The molecule has 0 saturated heterocycles. The molecule has 1 aromatic rings. The first-order chi connectivity index (χ1) is 9.38. The molecule has 0 bridgehead atoms. The summed E-state index contributed by atoms with van der Waals surface area (Å²) in [6.45, 7) is 1.87. The summed E-state index contributed by atoms with van der Waals surface area (Å²) in [5.74, 6) is 1.45. The summed E-state index contributed by atoms with van der Waals surface area (Å²) in [6.07, 6.45) is 5.76. The zero-order valence-electron chi connectivity index (χ0n) is 11.1. The largest absolute Gasteiger partial charge is 0.326 e. The van der Waals surface area contributed by atoms with Gasteiger partial charge in [0.2, 0.25) is 10.0 Å². The molecule has 0 fully saturated rings. The second-order valence-electron chi connectivity index (χ2n) is 4.12. The Morgan fingerprint density at radius 1 is 1.50 bits per heavy atom. The van der Waals surface area contributed by atoms with E-state index in [0.29, 0.717) is 10.9 Å². The average Bonchev–Trinajstić information content (AvgIpc) is 2.40. The van der Waals surface area contributed by atoms with Gasteiger partial charge in [-0.1, -0.05) is 28.8 Å². The molecule has 1 aromatic carbocycles. The maximum absolute atomic E-state index is 14.2. The highest BCUT2D eigenvalue weighted by atomic mass is 79.9. The van der Waals surface area contributed by atoms with Crippen molar-refractivity contribution in [3.8, 4) is 12.3 Å². The van der Waals surface area contributed by atoms with Gasteiger partial charge in [-0.2, -0.15) is 4.31 Å². The lowest BCUT2D eigenvalue weighted by Gasteiger charge is -2.20. The van der Waals surface area contributed by atoms with E-state index in [2.05, 4.69) is 21.9 Å². The molecule has 110 valence electrons. The number of halogens is 2. The van der Waals surface area contributed by atoms with Crippen LogP contribution in [-0.4, -0.2) is 25.8 Å². The van der Waals surface area contributed by atoms with Crippen LogP contribution >= 0.6 is 15.9 Å². The number of benzene rings is 1. The zero-order valence-corrected chi connectivity index (χ0v) is 13.5. The van der Waals surface area contributed by atoms with Gasteiger partial charge in [0.25, 0.3) is 0 Å².